The Balaban J connectivity index is 2.02. The number of hydrogen-bond donors (Lipinski definition) is 2. The minimum absolute atomic E-state index is 0.103. The molecule has 0 fully saturated rings. The fourth-order valence-electron chi connectivity index (χ4n) is 2.02. The normalized spacial score (nSPS) is 12.2. The fourth-order valence-corrected chi connectivity index (χ4v) is 2.02. The van der Waals surface area contributed by atoms with Crippen LogP contribution < -0.4 is 10.6 Å². The van der Waals surface area contributed by atoms with Crippen molar-refractivity contribution in [1.82, 2.24) is 15.4 Å². The molecule has 21 heavy (non-hydrogen) atoms. The van der Waals surface area contributed by atoms with Crippen LogP contribution in [0.4, 0.5) is 10.6 Å². The summed E-state index contributed by atoms with van der Waals surface area (Å²) in [6.07, 6.45) is 0. The number of nitrogens with zero attached hydrogens (tertiary/aromatic N) is 2. The molecule has 2 N–H and O–H groups in total. The zero-order valence-electron chi connectivity index (χ0n) is 12.5. The highest BCUT2D eigenvalue weighted by Crippen LogP contribution is 2.14. The van der Waals surface area contributed by atoms with Crippen molar-refractivity contribution in [3.8, 4) is 0 Å². The van der Waals surface area contributed by atoms with E-state index < -0.39 is 0 Å². The van der Waals surface area contributed by atoms with E-state index in [0.717, 1.165) is 5.56 Å². The number of benzene rings is 1. The highest BCUT2D eigenvalue weighted by atomic mass is 16.5. The lowest BCUT2D eigenvalue weighted by molar-refractivity contribution is 0.244. The van der Waals surface area contributed by atoms with E-state index in [0.29, 0.717) is 18.1 Å². The summed E-state index contributed by atoms with van der Waals surface area (Å²) >= 11 is 0. The molecule has 1 aromatic carbocycles. The monoisotopic (exact) mass is 288 g/mol. The molecule has 0 saturated carbocycles. The lowest BCUT2D eigenvalue weighted by atomic mass is 10.1. The first-order valence-corrected chi connectivity index (χ1v) is 6.75. The highest BCUT2D eigenvalue weighted by molar-refractivity contribution is 5.88. The number of anilines is 1. The van der Waals surface area contributed by atoms with E-state index in [4.69, 9.17) is 4.52 Å². The molecule has 0 unspecified atom stereocenters. The predicted molar refractivity (Wildman–Crippen MR) is 81.1 cm³/mol. The van der Waals surface area contributed by atoms with Gasteiger partial charge in [0, 0.05) is 12.6 Å². The second-order valence-electron chi connectivity index (χ2n) is 5.15. The molecule has 0 aliphatic heterocycles. The number of hydrogen-bond acceptors (Lipinski definition) is 4. The zero-order chi connectivity index (χ0) is 15.2. The van der Waals surface area contributed by atoms with E-state index >= 15 is 0 Å². The predicted octanol–water partition coefficient (Wildman–Crippen LogP) is 2.41. The molecular formula is C15H20N4O2. The standard InChI is InChI=1S/C15H20N4O2/c1-11-9-14(18-21-11)17-15(20)16-13(10-19(2)3)12-7-5-4-6-8-12/h4-9,13H,10H2,1-3H3,(H2,16,17,18,20)/t13-/m0/s1. The van der Waals surface area contributed by atoms with E-state index in [2.05, 4.69) is 15.8 Å². The van der Waals surface area contributed by atoms with Crippen molar-refractivity contribution in [2.45, 2.75) is 13.0 Å². The van der Waals surface area contributed by atoms with Crippen molar-refractivity contribution in [2.75, 3.05) is 26.0 Å². The molecule has 0 spiro atoms. The third kappa shape index (κ3) is 4.61. The van der Waals surface area contributed by atoms with Gasteiger partial charge < -0.3 is 14.7 Å². The van der Waals surface area contributed by atoms with Gasteiger partial charge in [0.25, 0.3) is 0 Å². The highest BCUT2D eigenvalue weighted by Gasteiger charge is 2.16. The molecule has 6 nitrogen and oxygen atoms in total. The van der Waals surface area contributed by atoms with E-state index in [1.54, 1.807) is 13.0 Å². The van der Waals surface area contributed by atoms with Crippen LogP contribution in [0, 0.1) is 6.92 Å². The Labute approximate surface area is 124 Å². The van der Waals surface area contributed by atoms with Crippen LogP contribution in [0.15, 0.2) is 40.9 Å². The van der Waals surface area contributed by atoms with Crippen LogP contribution in [0.25, 0.3) is 0 Å². The summed E-state index contributed by atoms with van der Waals surface area (Å²) in [5, 5.41) is 9.35. The average Bonchev–Trinajstić information content (AvgIpc) is 2.83. The molecule has 0 saturated heterocycles. The van der Waals surface area contributed by atoms with Crippen molar-refractivity contribution in [2.24, 2.45) is 0 Å². The molecule has 1 heterocycles. The van der Waals surface area contributed by atoms with Crippen LogP contribution in [0.1, 0.15) is 17.4 Å². The van der Waals surface area contributed by atoms with Gasteiger partial charge in [-0.15, -0.1) is 0 Å². The van der Waals surface area contributed by atoms with Gasteiger partial charge in [0.1, 0.15) is 5.76 Å². The molecule has 0 aliphatic carbocycles. The second-order valence-corrected chi connectivity index (χ2v) is 5.15. The summed E-state index contributed by atoms with van der Waals surface area (Å²) in [6.45, 7) is 2.48. The van der Waals surface area contributed by atoms with Crippen LogP contribution in [-0.2, 0) is 0 Å². The Hall–Kier alpha value is -2.34. The molecule has 0 aliphatic rings. The van der Waals surface area contributed by atoms with Crippen molar-refractivity contribution in [1.29, 1.82) is 0 Å². The number of aromatic nitrogens is 1. The van der Waals surface area contributed by atoms with Crippen molar-refractivity contribution in [3.63, 3.8) is 0 Å². The van der Waals surface area contributed by atoms with E-state index in [9.17, 15) is 4.79 Å². The largest absolute Gasteiger partial charge is 0.360 e. The zero-order valence-corrected chi connectivity index (χ0v) is 12.5. The lowest BCUT2D eigenvalue weighted by Gasteiger charge is -2.22. The molecule has 1 aromatic heterocycles. The Bertz CT molecular complexity index is 580. The number of aryl methyl sites for hydroxylation is 1. The van der Waals surface area contributed by atoms with Gasteiger partial charge in [0.2, 0.25) is 0 Å². The van der Waals surface area contributed by atoms with Crippen molar-refractivity contribution < 1.29 is 9.32 Å². The molecule has 112 valence electrons. The molecular weight excluding hydrogens is 268 g/mol. The lowest BCUT2D eigenvalue weighted by Crippen LogP contribution is -2.37. The van der Waals surface area contributed by atoms with Crippen LogP contribution in [-0.4, -0.2) is 36.7 Å². The quantitative estimate of drug-likeness (QED) is 0.886. The Morgan fingerprint density at radius 2 is 2.05 bits per heavy atom. The fraction of sp³-hybridized carbons (Fsp3) is 0.333. The summed E-state index contributed by atoms with van der Waals surface area (Å²) in [5.41, 5.74) is 1.05. The summed E-state index contributed by atoms with van der Waals surface area (Å²) in [6, 6.07) is 11.1. The average molecular weight is 288 g/mol. The number of urea groups is 1. The minimum atomic E-state index is -0.306. The molecule has 2 amide bonds. The number of carbonyl (C=O) groups excluding carboxylic acids is 1. The summed E-state index contributed by atoms with van der Waals surface area (Å²) in [5.74, 6) is 1.06. The first kappa shape index (κ1) is 15.1. The summed E-state index contributed by atoms with van der Waals surface area (Å²) < 4.78 is 4.92. The number of nitrogens with one attached hydrogen (secondary N) is 2. The van der Waals surface area contributed by atoms with E-state index in [-0.39, 0.29) is 12.1 Å². The van der Waals surface area contributed by atoms with Gasteiger partial charge in [-0.3, -0.25) is 5.32 Å². The molecule has 2 aromatic rings. The third-order valence-corrected chi connectivity index (χ3v) is 2.92. The van der Waals surface area contributed by atoms with Crippen molar-refractivity contribution >= 4 is 11.8 Å². The SMILES string of the molecule is Cc1cc(NC(=O)N[C@@H](CN(C)C)c2ccccc2)no1. The first-order valence-electron chi connectivity index (χ1n) is 6.75. The maximum absolute atomic E-state index is 12.1. The Morgan fingerprint density at radius 3 is 2.62 bits per heavy atom. The number of rotatable bonds is 5. The van der Waals surface area contributed by atoms with E-state index in [1.807, 2.05) is 49.3 Å². The Morgan fingerprint density at radius 1 is 1.33 bits per heavy atom. The van der Waals surface area contributed by atoms with Crippen molar-refractivity contribution in [3.05, 3.63) is 47.7 Å². The maximum Gasteiger partial charge on any atom is 0.321 e. The van der Waals surface area contributed by atoms with Gasteiger partial charge in [-0.2, -0.15) is 0 Å². The van der Waals surface area contributed by atoms with Crippen LogP contribution in [0.5, 0.6) is 0 Å². The van der Waals surface area contributed by atoms with Gasteiger partial charge in [-0.25, -0.2) is 4.79 Å². The second kappa shape index (κ2) is 6.90. The van der Waals surface area contributed by atoms with E-state index in [1.165, 1.54) is 0 Å². The maximum atomic E-state index is 12.1. The third-order valence-electron chi connectivity index (χ3n) is 2.92. The topological polar surface area (TPSA) is 70.4 Å². The minimum Gasteiger partial charge on any atom is -0.360 e. The molecule has 0 radical (unpaired) electrons. The molecule has 0 bridgehead atoms. The number of likely N-dealkylation sites (N-methyl/N-ethyl adjacent to an activating group) is 1. The van der Waals surface area contributed by atoms with Crippen LogP contribution in [0.3, 0.4) is 0 Å². The molecule has 6 heteroatoms. The molecule has 1 atom stereocenters. The number of carbonyl (C=O) groups is 1. The van der Waals surface area contributed by atoms with Crippen LogP contribution in [0.2, 0.25) is 0 Å². The van der Waals surface area contributed by atoms with Gasteiger partial charge in [0.05, 0.1) is 6.04 Å². The van der Waals surface area contributed by atoms with Gasteiger partial charge in [-0.1, -0.05) is 35.5 Å². The molecule has 2 rings (SSSR count). The first-order chi connectivity index (χ1) is 10.0. The van der Waals surface area contributed by atoms with Crippen LogP contribution >= 0.6 is 0 Å². The Kier molecular flexibility index (Phi) is 4.94. The van der Waals surface area contributed by atoms with Gasteiger partial charge in [-0.05, 0) is 26.6 Å². The smallest absolute Gasteiger partial charge is 0.321 e. The van der Waals surface area contributed by atoms with Gasteiger partial charge in [0.15, 0.2) is 5.82 Å². The number of amides is 2. The summed E-state index contributed by atoms with van der Waals surface area (Å²) in [4.78, 5) is 14.1. The van der Waals surface area contributed by atoms with Gasteiger partial charge >= 0.3 is 6.03 Å². The summed E-state index contributed by atoms with van der Waals surface area (Å²) in [7, 11) is 3.94.